The van der Waals surface area contributed by atoms with Crippen LogP contribution in [0.1, 0.15) is 35.2 Å². The molecule has 0 amide bonds. The summed E-state index contributed by atoms with van der Waals surface area (Å²) >= 11 is 0. The zero-order chi connectivity index (χ0) is 14.5. The first-order valence-corrected chi connectivity index (χ1v) is 7.13. The molecule has 0 aliphatic heterocycles. The summed E-state index contributed by atoms with van der Waals surface area (Å²) < 4.78 is 5.50. The van der Waals surface area contributed by atoms with Crippen LogP contribution in [0.2, 0.25) is 0 Å². The molecule has 0 aromatic heterocycles. The quantitative estimate of drug-likeness (QED) is 0.885. The van der Waals surface area contributed by atoms with Crippen LogP contribution in [0.5, 0.6) is 5.75 Å². The van der Waals surface area contributed by atoms with Crippen molar-refractivity contribution in [3.8, 4) is 5.75 Å². The molecule has 2 nitrogen and oxygen atoms in total. The molecule has 0 fully saturated rings. The third kappa shape index (κ3) is 3.20. The van der Waals surface area contributed by atoms with Gasteiger partial charge in [0.2, 0.25) is 0 Å². The first kappa shape index (κ1) is 14.6. The molecule has 1 atom stereocenters. The van der Waals surface area contributed by atoms with Gasteiger partial charge in [-0.2, -0.15) is 0 Å². The Kier molecular flexibility index (Phi) is 4.80. The van der Waals surface area contributed by atoms with Gasteiger partial charge in [0.1, 0.15) is 5.75 Å². The van der Waals surface area contributed by atoms with E-state index in [2.05, 4.69) is 49.5 Å². The van der Waals surface area contributed by atoms with E-state index < -0.39 is 0 Å². The van der Waals surface area contributed by atoms with Crippen LogP contribution >= 0.6 is 0 Å². The second-order valence-corrected chi connectivity index (χ2v) is 5.08. The molecule has 20 heavy (non-hydrogen) atoms. The second kappa shape index (κ2) is 6.58. The Labute approximate surface area is 121 Å². The Hall–Kier alpha value is -1.80. The van der Waals surface area contributed by atoms with Gasteiger partial charge in [0.05, 0.1) is 12.6 Å². The van der Waals surface area contributed by atoms with Gasteiger partial charge in [-0.05, 0) is 56.6 Å². The lowest BCUT2D eigenvalue weighted by Crippen LogP contribution is -2.18. The molecule has 2 aromatic rings. The number of hydrogen-bond acceptors (Lipinski definition) is 2. The van der Waals surface area contributed by atoms with Crippen molar-refractivity contribution in [2.75, 3.05) is 13.7 Å². The number of ether oxygens (including phenoxy) is 1. The van der Waals surface area contributed by atoms with Crippen LogP contribution in [0, 0.1) is 13.8 Å². The smallest absolute Gasteiger partial charge is 0.119 e. The van der Waals surface area contributed by atoms with Crippen molar-refractivity contribution in [3.05, 3.63) is 64.7 Å². The molecule has 0 saturated carbocycles. The van der Waals surface area contributed by atoms with E-state index >= 15 is 0 Å². The fraction of sp³-hybridized carbons (Fsp3) is 0.333. The highest BCUT2D eigenvalue weighted by molar-refractivity contribution is 5.40. The van der Waals surface area contributed by atoms with Crippen molar-refractivity contribution in [1.29, 1.82) is 0 Å². The van der Waals surface area contributed by atoms with Crippen LogP contribution in [0.15, 0.2) is 42.5 Å². The molecule has 0 aliphatic rings. The summed E-state index contributed by atoms with van der Waals surface area (Å²) in [6, 6.07) is 15.1. The lowest BCUT2D eigenvalue weighted by molar-refractivity contribution is 0.340. The predicted molar refractivity (Wildman–Crippen MR) is 84.4 cm³/mol. The molecular formula is C18H23NO. The maximum Gasteiger partial charge on any atom is 0.119 e. The van der Waals surface area contributed by atoms with Gasteiger partial charge in [-0.15, -0.1) is 0 Å². The first-order chi connectivity index (χ1) is 9.65. The fourth-order valence-electron chi connectivity index (χ4n) is 2.50. The minimum absolute atomic E-state index is 0.213. The molecule has 0 radical (unpaired) electrons. The maximum atomic E-state index is 5.50. The van der Waals surface area contributed by atoms with Gasteiger partial charge >= 0.3 is 0 Å². The highest BCUT2D eigenvalue weighted by atomic mass is 16.5. The lowest BCUT2D eigenvalue weighted by atomic mass is 9.93. The Morgan fingerprint density at radius 1 is 1.05 bits per heavy atom. The number of nitrogens with one attached hydrogen (secondary N) is 1. The highest BCUT2D eigenvalue weighted by Crippen LogP contribution is 2.27. The average molecular weight is 269 g/mol. The van der Waals surface area contributed by atoms with Crippen LogP contribution in [-0.4, -0.2) is 13.7 Å². The van der Waals surface area contributed by atoms with E-state index in [1.807, 2.05) is 26.1 Å². The SMILES string of the molecule is CCOc1ccc(C(NC)c2cc(C)ccc2C)cc1. The molecule has 2 rings (SSSR count). The minimum Gasteiger partial charge on any atom is -0.494 e. The van der Waals surface area contributed by atoms with E-state index in [-0.39, 0.29) is 6.04 Å². The van der Waals surface area contributed by atoms with Crippen LogP contribution in [0.25, 0.3) is 0 Å². The van der Waals surface area contributed by atoms with Gasteiger partial charge in [-0.25, -0.2) is 0 Å². The highest BCUT2D eigenvalue weighted by Gasteiger charge is 2.14. The van der Waals surface area contributed by atoms with Gasteiger partial charge in [0.25, 0.3) is 0 Å². The summed E-state index contributed by atoms with van der Waals surface area (Å²) in [6.07, 6.45) is 0. The molecular weight excluding hydrogens is 246 g/mol. The summed E-state index contributed by atoms with van der Waals surface area (Å²) in [6.45, 7) is 6.99. The molecule has 0 spiro atoms. The molecule has 1 N–H and O–H groups in total. The molecule has 0 bridgehead atoms. The zero-order valence-electron chi connectivity index (χ0n) is 12.7. The summed E-state index contributed by atoms with van der Waals surface area (Å²) in [5.74, 6) is 0.923. The van der Waals surface area contributed by atoms with Crippen molar-refractivity contribution >= 4 is 0 Å². The van der Waals surface area contributed by atoms with Crippen LogP contribution in [0.3, 0.4) is 0 Å². The van der Waals surface area contributed by atoms with Crippen LogP contribution in [-0.2, 0) is 0 Å². The Bertz CT molecular complexity index is 560. The Morgan fingerprint density at radius 3 is 2.35 bits per heavy atom. The largest absolute Gasteiger partial charge is 0.494 e. The van der Waals surface area contributed by atoms with Crippen molar-refractivity contribution < 1.29 is 4.74 Å². The second-order valence-electron chi connectivity index (χ2n) is 5.08. The molecule has 2 aromatic carbocycles. The maximum absolute atomic E-state index is 5.50. The Morgan fingerprint density at radius 2 is 1.75 bits per heavy atom. The monoisotopic (exact) mass is 269 g/mol. The topological polar surface area (TPSA) is 21.3 Å². The van der Waals surface area contributed by atoms with E-state index in [1.54, 1.807) is 0 Å². The van der Waals surface area contributed by atoms with Gasteiger partial charge in [-0.1, -0.05) is 35.9 Å². The fourth-order valence-corrected chi connectivity index (χ4v) is 2.50. The molecule has 2 heteroatoms. The molecule has 0 heterocycles. The number of benzene rings is 2. The standard InChI is InChI=1S/C18H23NO/c1-5-20-16-10-8-15(9-11-16)18(19-4)17-12-13(2)6-7-14(17)3/h6-12,18-19H,5H2,1-4H3. The van der Waals surface area contributed by atoms with Gasteiger partial charge < -0.3 is 10.1 Å². The molecule has 106 valence electrons. The summed E-state index contributed by atoms with van der Waals surface area (Å²) in [5.41, 5.74) is 5.18. The van der Waals surface area contributed by atoms with Crippen molar-refractivity contribution in [2.45, 2.75) is 26.8 Å². The van der Waals surface area contributed by atoms with E-state index in [0.29, 0.717) is 6.61 Å². The zero-order valence-corrected chi connectivity index (χ0v) is 12.7. The van der Waals surface area contributed by atoms with Crippen molar-refractivity contribution in [1.82, 2.24) is 5.32 Å². The minimum atomic E-state index is 0.213. The van der Waals surface area contributed by atoms with Gasteiger partial charge in [0.15, 0.2) is 0 Å². The predicted octanol–water partition coefficient (Wildman–Crippen LogP) is 4.01. The summed E-state index contributed by atoms with van der Waals surface area (Å²) in [7, 11) is 2.00. The normalized spacial score (nSPS) is 12.2. The first-order valence-electron chi connectivity index (χ1n) is 7.13. The van der Waals surface area contributed by atoms with E-state index in [1.165, 1.54) is 22.3 Å². The van der Waals surface area contributed by atoms with Gasteiger partial charge in [0, 0.05) is 0 Å². The van der Waals surface area contributed by atoms with E-state index in [4.69, 9.17) is 4.74 Å². The van der Waals surface area contributed by atoms with E-state index in [9.17, 15) is 0 Å². The summed E-state index contributed by atoms with van der Waals surface area (Å²) in [5, 5.41) is 3.41. The Balaban J connectivity index is 2.34. The van der Waals surface area contributed by atoms with E-state index in [0.717, 1.165) is 5.75 Å². The third-order valence-corrected chi connectivity index (χ3v) is 3.56. The molecule has 1 unspecified atom stereocenters. The molecule has 0 aliphatic carbocycles. The lowest BCUT2D eigenvalue weighted by Gasteiger charge is -2.20. The average Bonchev–Trinajstić information content (AvgIpc) is 2.45. The number of aryl methyl sites for hydroxylation is 2. The number of rotatable bonds is 5. The van der Waals surface area contributed by atoms with Crippen molar-refractivity contribution in [2.24, 2.45) is 0 Å². The van der Waals surface area contributed by atoms with Gasteiger partial charge in [-0.3, -0.25) is 0 Å². The van der Waals surface area contributed by atoms with Crippen LogP contribution in [0.4, 0.5) is 0 Å². The van der Waals surface area contributed by atoms with Crippen LogP contribution < -0.4 is 10.1 Å². The molecule has 0 saturated heterocycles. The van der Waals surface area contributed by atoms with Crippen molar-refractivity contribution in [3.63, 3.8) is 0 Å². The summed E-state index contributed by atoms with van der Waals surface area (Å²) in [4.78, 5) is 0. The number of hydrogen-bond donors (Lipinski definition) is 1. The third-order valence-electron chi connectivity index (χ3n) is 3.56.